The average Bonchev–Trinajstić information content (AvgIpc) is 3.33. The van der Waals surface area contributed by atoms with E-state index in [1.54, 1.807) is 23.9 Å². The van der Waals surface area contributed by atoms with Crippen LogP contribution in [0.2, 0.25) is 0 Å². The number of aliphatic hydroxyl groups excluding tert-OH is 2. The molecule has 3 heterocycles. The fraction of sp³-hybridized carbons (Fsp3) is 0.600. The van der Waals surface area contributed by atoms with Gasteiger partial charge in [0.15, 0.2) is 0 Å². The Morgan fingerprint density at radius 3 is 2.43 bits per heavy atom. The lowest BCUT2D eigenvalue weighted by molar-refractivity contribution is -0.172. The normalized spacial score (nSPS) is 22.9. The maximum absolute atomic E-state index is 13.3. The second-order valence-corrected chi connectivity index (χ2v) is 11.5. The van der Waals surface area contributed by atoms with Gasteiger partial charge >= 0.3 is 12.1 Å². The summed E-state index contributed by atoms with van der Waals surface area (Å²) >= 11 is 2.64. The predicted octanol–water partition coefficient (Wildman–Crippen LogP) is 3.55. The molecule has 0 saturated carbocycles. The van der Waals surface area contributed by atoms with Crippen LogP contribution in [-0.4, -0.2) is 73.5 Å². The second kappa shape index (κ2) is 12.0. The number of carbonyl (C=O) groups excluding carboxylic acids is 3. The van der Waals surface area contributed by atoms with E-state index in [0.29, 0.717) is 10.6 Å². The summed E-state index contributed by atoms with van der Waals surface area (Å²) in [4.78, 5) is 47.3. The second-order valence-electron chi connectivity index (χ2n) is 9.66. The lowest BCUT2D eigenvalue weighted by Crippen LogP contribution is -2.63. The molecule has 37 heavy (non-hydrogen) atoms. The highest BCUT2D eigenvalue weighted by molar-refractivity contribution is 8.06. The smallest absolute Gasteiger partial charge is 0.413 e. The third kappa shape index (κ3) is 5.87. The summed E-state index contributed by atoms with van der Waals surface area (Å²) in [6.45, 7) is 12.2. The van der Waals surface area contributed by atoms with Crippen LogP contribution in [0.4, 0.5) is 4.79 Å². The third-order valence-electron chi connectivity index (χ3n) is 6.40. The molecule has 204 valence electrons. The number of β-lactam (4-membered cyclic amide) rings is 1. The number of aromatic nitrogens is 1. The van der Waals surface area contributed by atoms with Crippen molar-refractivity contribution in [1.29, 1.82) is 0 Å². The van der Waals surface area contributed by atoms with Crippen LogP contribution in [0.25, 0.3) is 6.08 Å². The van der Waals surface area contributed by atoms with Gasteiger partial charge in [-0.1, -0.05) is 18.7 Å². The van der Waals surface area contributed by atoms with Crippen molar-refractivity contribution >= 4 is 47.1 Å². The number of ether oxygens (including phenoxy) is 2. The molecule has 1 aromatic rings. The number of carbonyl (C=O) groups is 3. The molecule has 1 fully saturated rings. The van der Waals surface area contributed by atoms with E-state index in [0.717, 1.165) is 4.88 Å². The SMILES string of the molecule is CC(OC(=O)C1=C(S/C=C\c2scnc2CO)[C@H](C)[C@@H]2[C@@H]([C@@H](C)O)C(=O)N12)OC(=O)N(C(C)C)C(C)C. The first-order valence-corrected chi connectivity index (χ1v) is 14.0. The fourth-order valence-electron chi connectivity index (χ4n) is 4.82. The molecule has 5 atom stereocenters. The number of hydrogen-bond acceptors (Lipinski definition) is 10. The van der Waals surface area contributed by atoms with Crippen molar-refractivity contribution in [1.82, 2.24) is 14.8 Å². The molecule has 1 saturated heterocycles. The Bertz CT molecular complexity index is 1070. The van der Waals surface area contributed by atoms with Gasteiger partial charge in [0.05, 0.1) is 40.8 Å². The molecule has 2 aliphatic rings. The minimum absolute atomic E-state index is 0.0909. The van der Waals surface area contributed by atoms with E-state index in [2.05, 4.69) is 4.98 Å². The molecule has 1 unspecified atom stereocenters. The van der Waals surface area contributed by atoms with Crippen molar-refractivity contribution in [2.45, 2.75) is 85.6 Å². The average molecular weight is 554 g/mol. The van der Waals surface area contributed by atoms with Crippen LogP contribution in [0.5, 0.6) is 0 Å². The zero-order chi connectivity index (χ0) is 27.6. The summed E-state index contributed by atoms with van der Waals surface area (Å²) in [5.74, 6) is -1.98. The third-order valence-corrected chi connectivity index (χ3v) is 8.33. The number of hydrogen-bond donors (Lipinski definition) is 2. The fourth-order valence-corrected chi connectivity index (χ4v) is 6.60. The van der Waals surface area contributed by atoms with E-state index in [9.17, 15) is 24.6 Å². The Balaban J connectivity index is 1.82. The van der Waals surface area contributed by atoms with Crippen molar-refractivity contribution in [2.75, 3.05) is 0 Å². The van der Waals surface area contributed by atoms with Gasteiger partial charge in [0.2, 0.25) is 12.2 Å². The minimum Gasteiger partial charge on any atom is -0.421 e. The number of amides is 2. The van der Waals surface area contributed by atoms with Crippen molar-refractivity contribution in [3.8, 4) is 0 Å². The number of fused-ring (bicyclic) bond motifs is 1. The van der Waals surface area contributed by atoms with Gasteiger partial charge in [0.25, 0.3) is 0 Å². The Hall–Kier alpha value is -2.41. The number of aliphatic hydroxyl groups is 2. The molecule has 3 rings (SSSR count). The van der Waals surface area contributed by atoms with Crippen molar-refractivity contribution in [2.24, 2.45) is 11.8 Å². The van der Waals surface area contributed by atoms with Crippen LogP contribution < -0.4 is 0 Å². The first-order chi connectivity index (χ1) is 17.4. The van der Waals surface area contributed by atoms with Gasteiger partial charge in [-0.3, -0.25) is 4.79 Å². The van der Waals surface area contributed by atoms with Gasteiger partial charge < -0.3 is 29.5 Å². The molecule has 0 spiro atoms. The predicted molar refractivity (Wildman–Crippen MR) is 141 cm³/mol. The Labute approximate surface area is 225 Å². The molecule has 2 aliphatic heterocycles. The number of thioether (sulfide) groups is 1. The van der Waals surface area contributed by atoms with E-state index in [1.807, 2.05) is 34.6 Å². The Kier molecular flexibility index (Phi) is 9.43. The number of thiazole rings is 1. The Morgan fingerprint density at radius 1 is 1.22 bits per heavy atom. The van der Waals surface area contributed by atoms with Crippen LogP contribution in [0.15, 0.2) is 21.5 Å². The van der Waals surface area contributed by atoms with Gasteiger partial charge in [-0.25, -0.2) is 14.6 Å². The molecule has 10 nitrogen and oxygen atoms in total. The highest BCUT2D eigenvalue weighted by Gasteiger charge is 2.60. The van der Waals surface area contributed by atoms with E-state index in [-0.39, 0.29) is 42.3 Å². The maximum atomic E-state index is 13.3. The summed E-state index contributed by atoms with van der Waals surface area (Å²) in [5.41, 5.74) is 2.28. The van der Waals surface area contributed by atoms with Crippen LogP contribution in [0.1, 0.15) is 59.0 Å². The van der Waals surface area contributed by atoms with Crippen LogP contribution in [0.3, 0.4) is 0 Å². The molecule has 0 radical (unpaired) electrons. The van der Waals surface area contributed by atoms with E-state index in [1.165, 1.54) is 39.8 Å². The van der Waals surface area contributed by atoms with Crippen molar-refractivity contribution in [3.05, 3.63) is 32.1 Å². The van der Waals surface area contributed by atoms with Gasteiger partial charge in [-0.15, -0.1) is 11.3 Å². The van der Waals surface area contributed by atoms with E-state index in [4.69, 9.17) is 9.47 Å². The topological polar surface area (TPSA) is 130 Å². The minimum atomic E-state index is -1.18. The molecule has 0 aliphatic carbocycles. The molecule has 0 bridgehead atoms. The molecular formula is C25H35N3O7S2. The molecule has 2 N–H and O–H groups in total. The standard InChI is InChI=1S/C25H35N3O7S2/c1-12(2)27(13(3)4)25(33)35-16(7)34-24(32)21-22(36-9-8-18-17(10-29)26-11-37-18)14(5)20-19(15(6)30)23(31)28(20)21/h8-9,11-16,19-20,29-30H,10H2,1-7H3/b9-8-/t14-,15-,16?,19-,20-/m1/s1. The largest absolute Gasteiger partial charge is 0.421 e. The van der Waals surface area contributed by atoms with E-state index >= 15 is 0 Å². The first-order valence-electron chi connectivity index (χ1n) is 12.2. The van der Waals surface area contributed by atoms with Crippen LogP contribution >= 0.6 is 23.1 Å². The van der Waals surface area contributed by atoms with E-state index < -0.39 is 30.4 Å². The summed E-state index contributed by atoms with van der Waals surface area (Å²) in [6, 6.07) is -0.590. The van der Waals surface area contributed by atoms with Crippen LogP contribution in [-0.2, 0) is 25.7 Å². The summed E-state index contributed by atoms with van der Waals surface area (Å²) in [6.07, 6.45) is -0.864. The van der Waals surface area contributed by atoms with Gasteiger partial charge in [0.1, 0.15) is 5.70 Å². The Morgan fingerprint density at radius 2 is 1.86 bits per heavy atom. The van der Waals surface area contributed by atoms with Crippen molar-refractivity contribution < 1.29 is 34.1 Å². The van der Waals surface area contributed by atoms with Gasteiger partial charge in [-0.05, 0) is 46.1 Å². The van der Waals surface area contributed by atoms with Gasteiger partial charge in [-0.2, -0.15) is 0 Å². The summed E-state index contributed by atoms with van der Waals surface area (Å²) in [5, 5.41) is 21.4. The summed E-state index contributed by atoms with van der Waals surface area (Å²) < 4.78 is 10.9. The maximum Gasteiger partial charge on any atom is 0.413 e. The zero-order valence-corrected chi connectivity index (χ0v) is 23.7. The number of esters is 1. The summed E-state index contributed by atoms with van der Waals surface area (Å²) in [7, 11) is 0. The zero-order valence-electron chi connectivity index (χ0n) is 22.1. The van der Waals surface area contributed by atoms with Crippen molar-refractivity contribution in [3.63, 3.8) is 0 Å². The molecule has 2 amide bonds. The first kappa shape index (κ1) is 29.2. The monoisotopic (exact) mass is 553 g/mol. The number of rotatable bonds is 10. The lowest BCUT2D eigenvalue weighted by Gasteiger charge is -2.46. The number of nitrogens with zero attached hydrogens (tertiary/aromatic N) is 3. The lowest BCUT2D eigenvalue weighted by atomic mass is 9.79. The van der Waals surface area contributed by atoms with Crippen LogP contribution in [0, 0.1) is 11.8 Å². The molecule has 1 aromatic heterocycles. The molecular weight excluding hydrogens is 518 g/mol. The quantitative estimate of drug-likeness (QED) is 0.254. The highest BCUT2D eigenvalue weighted by atomic mass is 32.2. The molecule has 12 heteroatoms. The van der Waals surface area contributed by atoms with Gasteiger partial charge in [0, 0.05) is 29.8 Å². The molecule has 0 aromatic carbocycles. The highest BCUT2D eigenvalue weighted by Crippen LogP contribution is 2.51.